The van der Waals surface area contributed by atoms with E-state index >= 15 is 0 Å². The molecule has 4 aromatic heterocycles. The highest BCUT2D eigenvalue weighted by Gasteiger charge is 2.40. The zero-order valence-electron chi connectivity index (χ0n) is 18.2. The molecule has 34 heavy (non-hydrogen) atoms. The Morgan fingerprint density at radius 3 is 1.00 bits per heavy atom. The first-order valence-electron chi connectivity index (χ1n) is 10.9. The Labute approximate surface area is 197 Å². The van der Waals surface area contributed by atoms with Crippen LogP contribution in [-0.4, -0.2) is 30.1 Å². The third-order valence-corrected chi connectivity index (χ3v) is 5.84. The van der Waals surface area contributed by atoms with Crippen LogP contribution in [0.2, 0.25) is 0 Å². The van der Waals surface area contributed by atoms with Crippen molar-refractivity contribution in [2.75, 3.05) is 0 Å². The van der Waals surface area contributed by atoms with Crippen molar-refractivity contribution in [2.45, 2.75) is 11.2 Å². The minimum absolute atomic E-state index is 0.421. The average molecular weight is 447 g/mol. The Bertz CT molecular complexity index is 1180. The minimum atomic E-state index is -1.65. The van der Waals surface area contributed by atoms with Gasteiger partial charge in [-0.05, 0) is 65.7 Å². The normalized spacial score (nSPS) is 11.8. The van der Waals surface area contributed by atoms with E-state index in [9.17, 15) is 10.2 Å². The van der Waals surface area contributed by atoms with Crippen LogP contribution in [0.1, 0.15) is 33.9 Å². The van der Waals surface area contributed by atoms with Crippen LogP contribution in [0.3, 0.4) is 0 Å². The van der Waals surface area contributed by atoms with Crippen LogP contribution < -0.4 is 0 Å². The fraction of sp³-hybridized carbons (Fsp3) is 0.0714. The molecule has 0 unspecified atom stereocenters. The van der Waals surface area contributed by atoms with Crippen molar-refractivity contribution in [3.8, 4) is 0 Å². The fourth-order valence-electron chi connectivity index (χ4n) is 4.13. The molecule has 5 aromatic rings. The zero-order chi connectivity index (χ0) is 23.4. The van der Waals surface area contributed by atoms with Crippen LogP contribution in [0.5, 0.6) is 0 Å². The van der Waals surface area contributed by atoms with E-state index in [0.717, 1.165) is 0 Å². The lowest BCUT2D eigenvalue weighted by Gasteiger charge is -2.31. The summed E-state index contributed by atoms with van der Waals surface area (Å²) in [7, 11) is 0. The van der Waals surface area contributed by atoms with Gasteiger partial charge in [0.2, 0.25) is 0 Å². The van der Waals surface area contributed by atoms with Crippen molar-refractivity contribution in [1.82, 2.24) is 19.9 Å². The molecule has 0 saturated heterocycles. The molecule has 0 spiro atoms. The number of aliphatic hydroxyl groups is 2. The van der Waals surface area contributed by atoms with Crippen LogP contribution in [-0.2, 0) is 11.2 Å². The second-order valence-electron chi connectivity index (χ2n) is 7.86. The van der Waals surface area contributed by atoms with Gasteiger partial charge in [0.1, 0.15) is 0 Å². The van der Waals surface area contributed by atoms with Gasteiger partial charge < -0.3 is 10.2 Å². The van der Waals surface area contributed by atoms with Gasteiger partial charge in [-0.3, -0.25) is 19.9 Å². The molecule has 4 heterocycles. The lowest BCUT2D eigenvalue weighted by atomic mass is 9.81. The highest BCUT2D eigenvalue weighted by atomic mass is 16.3. The molecular formula is C28H22N4O2. The predicted molar refractivity (Wildman–Crippen MR) is 128 cm³/mol. The molecule has 166 valence electrons. The molecule has 6 heteroatoms. The van der Waals surface area contributed by atoms with Gasteiger partial charge in [0.15, 0.2) is 11.2 Å². The standard InChI is InChI=1S/C28H22N4O2/c33-27(23-12-1-5-16-29-23,24-13-2-6-17-30-24)21-10-9-11-22(20-21)28(34,25-14-3-7-18-31-25)26-15-4-8-19-32-26/h1-20,33-34H. The van der Waals surface area contributed by atoms with Crippen molar-refractivity contribution in [1.29, 1.82) is 0 Å². The summed E-state index contributed by atoms with van der Waals surface area (Å²) in [6, 6.07) is 28.6. The summed E-state index contributed by atoms with van der Waals surface area (Å²) < 4.78 is 0. The van der Waals surface area contributed by atoms with Crippen LogP contribution in [0.4, 0.5) is 0 Å². The second-order valence-corrected chi connectivity index (χ2v) is 7.86. The SMILES string of the molecule is OC(c1cccc(C(O)(c2ccccn2)c2ccccn2)c1)(c1ccccn1)c1ccccn1. The molecule has 0 bridgehead atoms. The van der Waals surface area contributed by atoms with Gasteiger partial charge in [-0.1, -0.05) is 42.5 Å². The Kier molecular flexibility index (Phi) is 5.67. The highest BCUT2D eigenvalue weighted by molar-refractivity contribution is 5.48. The van der Waals surface area contributed by atoms with E-state index in [0.29, 0.717) is 33.9 Å². The van der Waals surface area contributed by atoms with E-state index in [1.165, 1.54) is 0 Å². The first-order chi connectivity index (χ1) is 16.6. The van der Waals surface area contributed by atoms with Crippen molar-refractivity contribution < 1.29 is 10.2 Å². The van der Waals surface area contributed by atoms with Gasteiger partial charge in [0.05, 0.1) is 22.8 Å². The number of hydrogen-bond donors (Lipinski definition) is 2. The molecule has 5 rings (SSSR count). The molecule has 0 amide bonds. The molecule has 1 aromatic carbocycles. The third-order valence-electron chi connectivity index (χ3n) is 5.84. The average Bonchev–Trinajstić information content (AvgIpc) is 2.94. The minimum Gasteiger partial charge on any atom is -0.373 e. The molecule has 6 nitrogen and oxygen atoms in total. The quantitative estimate of drug-likeness (QED) is 0.412. The lowest BCUT2D eigenvalue weighted by molar-refractivity contribution is 0.109. The van der Waals surface area contributed by atoms with Crippen molar-refractivity contribution >= 4 is 0 Å². The molecule has 0 aliphatic rings. The predicted octanol–water partition coefficient (Wildman–Crippen LogP) is 3.84. The summed E-state index contributed by atoms with van der Waals surface area (Å²) in [6.45, 7) is 0. The van der Waals surface area contributed by atoms with Gasteiger partial charge in [0.25, 0.3) is 0 Å². The van der Waals surface area contributed by atoms with E-state index in [2.05, 4.69) is 19.9 Å². The topological polar surface area (TPSA) is 92.0 Å². The van der Waals surface area contributed by atoms with E-state index in [4.69, 9.17) is 0 Å². The molecular weight excluding hydrogens is 424 g/mol. The smallest absolute Gasteiger partial charge is 0.174 e. The monoisotopic (exact) mass is 446 g/mol. The van der Waals surface area contributed by atoms with Crippen molar-refractivity contribution in [3.05, 3.63) is 156 Å². The summed E-state index contributed by atoms with van der Waals surface area (Å²) in [5.41, 5.74) is -0.591. The first-order valence-corrected chi connectivity index (χ1v) is 10.9. The summed E-state index contributed by atoms with van der Waals surface area (Å²) in [5, 5.41) is 24.2. The molecule has 0 atom stereocenters. The second kappa shape index (κ2) is 8.94. The largest absolute Gasteiger partial charge is 0.373 e. The van der Waals surface area contributed by atoms with Gasteiger partial charge in [-0.15, -0.1) is 0 Å². The van der Waals surface area contributed by atoms with Gasteiger partial charge in [-0.25, -0.2) is 0 Å². The van der Waals surface area contributed by atoms with Gasteiger partial charge in [-0.2, -0.15) is 0 Å². The summed E-state index contributed by atoms with van der Waals surface area (Å²) in [5.74, 6) is 0. The summed E-state index contributed by atoms with van der Waals surface area (Å²) in [4.78, 5) is 17.7. The number of nitrogens with zero attached hydrogens (tertiary/aromatic N) is 4. The molecule has 2 N–H and O–H groups in total. The van der Waals surface area contributed by atoms with Crippen LogP contribution in [0, 0.1) is 0 Å². The Morgan fingerprint density at radius 1 is 0.412 bits per heavy atom. The maximum atomic E-state index is 12.1. The lowest BCUT2D eigenvalue weighted by Crippen LogP contribution is -2.34. The van der Waals surface area contributed by atoms with Crippen LogP contribution in [0.25, 0.3) is 0 Å². The number of aromatic nitrogens is 4. The van der Waals surface area contributed by atoms with E-state index in [1.807, 2.05) is 24.3 Å². The molecule has 0 radical (unpaired) electrons. The Balaban J connectivity index is 1.74. The summed E-state index contributed by atoms with van der Waals surface area (Å²) in [6.07, 6.45) is 6.52. The number of benzene rings is 1. The Hall–Kier alpha value is -4.26. The van der Waals surface area contributed by atoms with E-state index in [-0.39, 0.29) is 0 Å². The zero-order valence-corrected chi connectivity index (χ0v) is 18.2. The number of rotatable bonds is 6. The van der Waals surface area contributed by atoms with Crippen LogP contribution in [0.15, 0.2) is 122 Å². The first kappa shape index (κ1) is 21.6. The van der Waals surface area contributed by atoms with Crippen molar-refractivity contribution in [3.63, 3.8) is 0 Å². The molecule has 0 saturated carbocycles. The maximum Gasteiger partial charge on any atom is 0.174 e. The summed E-state index contributed by atoms with van der Waals surface area (Å²) >= 11 is 0. The molecule has 0 aliphatic heterocycles. The highest BCUT2D eigenvalue weighted by Crippen LogP contribution is 2.39. The molecule has 0 fully saturated rings. The molecule has 0 aliphatic carbocycles. The van der Waals surface area contributed by atoms with Gasteiger partial charge in [0, 0.05) is 24.8 Å². The van der Waals surface area contributed by atoms with Crippen LogP contribution >= 0.6 is 0 Å². The van der Waals surface area contributed by atoms with Gasteiger partial charge >= 0.3 is 0 Å². The van der Waals surface area contributed by atoms with Crippen molar-refractivity contribution in [2.24, 2.45) is 0 Å². The number of pyridine rings is 4. The maximum absolute atomic E-state index is 12.1. The van der Waals surface area contributed by atoms with E-state index in [1.54, 1.807) is 97.6 Å². The fourth-order valence-corrected chi connectivity index (χ4v) is 4.13. The number of hydrogen-bond acceptors (Lipinski definition) is 6. The van der Waals surface area contributed by atoms with E-state index < -0.39 is 11.2 Å². The third kappa shape index (κ3) is 3.65. The Morgan fingerprint density at radius 2 is 0.735 bits per heavy atom.